The average Bonchev–Trinajstić information content (AvgIpc) is 1.87. The maximum absolute atomic E-state index is 4.83. The van der Waals surface area contributed by atoms with Gasteiger partial charge in [0.2, 0.25) is 0 Å². The number of rotatable bonds is 0. The first-order valence-corrected chi connectivity index (χ1v) is 2.65. The van der Waals surface area contributed by atoms with Gasteiger partial charge in [0.1, 0.15) is 0 Å². The minimum absolute atomic E-state index is 0.942. The smallest absolute Gasteiger partial charge is 0.0834 e. The van der Waals surface area contributed by atoms with Crippen LogP contribution in [0.15, 0.2) is 11.8 Å². The number of thiocarbonyl (C=S) groups is 1. The van der Waals surface area contributed by atoms with Gasteiger partial charge >= 0.3 is 0 Å². The standard InChI is InChI=1S/C5H7NS/c1-4-2-5(7)6-3-4/h3H,2H2,1H3,(H,6,7). The van der Waals surface area contributed by atoms with Crippen molar-refractivity contribution in [2.75, 3.05) is 0 Å². The third-order valence-electron chi connectivity index (χ3n) is 0.919. The third kappa shape index (κ3) is 0.996. The Bertz CT molecular complexity index is 126. The monoisotopic (exact) mass is 113 g/mol. The van der Waals surface area contributed by atoms with Crippen molar-refractivity contribution >= 4 is 17.2 Å². The van der Waals surface area contributed by atoms with Crippen molar-refractivity contribution in [3.8, 4) is 0 Å². The molecule has 2 heteroatoms. The van der Waals surface area contributed by atoms with Crippen molar-refractivity contribution in [1.82, 2.24) is 5.32 Å². The van der Waals surface area contributed by atoms with E-state index in [4.69, 9.17) is 12.2 Å². The molecule has 38 valence electrons. The molecule has 0 bridgehead atoms. The normalized spacial score (nSPS) is 19.0. The van der Waals surface area contributed by atoms with E-state index in [1.165, 1.54) is 5.57 Å². The van der Waals surface area contributed by atoms with Gasteiger partial charge in [0.25, 0.3) is 0 Å². The Morgan fingerprint density at radius 1 is 1.86 bits per heavy atom. The van der Waals surface area contributed by atoms with Crippen LogP contribution in [0.1, 0.15) is 13.3 Å². The Labute approximate surface area is 48.4 Å². The highest BCUT2D eigenvalue weighted by Gasteiger charge is 2.01. The lowest BCUT2D eigenvalue weighted by molar-refractivity contribution is 1.32. The molecule has 0 amide bonds. The van der Waals surface area contributed by atoms with Gasteiger partial charge in [0.15, 0.2) is 0 Å². The van der Waals surface area contributed by atoms with E-state index in [9.17, 15) is 0 Å². The molecule has 1 heterocycles. The largest absolute Gasteiger partial charge is 0.356 e. The van der Waals surface area contributed by atoms with E-state index >= 15 is 0 Å². The third-order valence-corrected chi connectivity index (χ3v) is 1.18. The Hall–Kier alpha value is -0.370. The van der Waals surface area contributed by atoms with Gasteiger partial charge in [-0.05, 0) is 6.92 Å². The van der Waals surface area contributed by atoms with E-state index in [0.717, 1.165) is 11.4 Å². The van der Waals surface area contributed by atoms with E-state index in [2.05, 4.69) is 12.2 Å². The molecule has 0 saturated carbocycles. The fourth-order valence-corrected chi connectivity index (χ4v) is 0.846. The van der Waals surface area contributed by atoms with Crippen molar-refractivity contribution in [2.45, 2.75) is 13.3 Å². The van der Waals surface area contributed by atoms with Crippen LogP contribution in [0.5, 0.6) is 0 Å². The molecule has 1 aliphatic rings. The number of hydrogen-bond acceptors (Lipinski definition) is 1. The first kappa shape index (κ1) is 4.78. The number of nitrogens with one attached hydrogen (secondary N) is 1. The molecule has 1 aliphatic heterocycles. The molecule has 7 heavy (non-hydrogen) atoms. The molecule has 1 rings (SSSR count). The van der Waals surface area contributed by atoms with Gasteiger partial charge in [0, 0.05) is 12.6 Å². The molecule has 1 nitrogen and oxygen atoms in total. The topological polar surface area (TPSA) is 12.0 Å². The zero-order valence-electron chi connectivity index (χ0n) is 4.19. The molecule has 0 aromatic carbocycles. The lowest BCUT2D eigenvalue weighted by atomic mass is 10.3. The molecule has 1 N–H and O–H groups in total. The molecule has 0 spiro atoms. The molecule has 0 aromatic heterocycles. The van der Waals surface area contributed by atoms with Crippen LogP contribution < -0.4 is 5.32 Å². The van der Waals surface area contributed by atoms with Gasteiger partial charge in [-0.2, -0.15) is 0 Å². The summed E-state index contributed by atoms with van der Waals surface area (Å²) < 4.78 is 0. The van der Waals surface area contributed by atoms with E-state index < -0.39 is 0 Å². The Morgan fingerprint density at radius 3 is 2.71 bits per heavy atom. The predicted octanol–water partition coefficient (Wildman–Crippen LogP) is 1.21. The maximum atomic E-state index is 4.83. The minimum Gasteiger partial charge on any atom is -0.356 e. The highest BCUT2D eigenvalue weighted by Crippen LogP contribution is 2.04. The summed E-state index contributed by atoms with van der Waals surface area (Å²) in [6, 6.07) is 0. The molecule has 0 saturated heterocycles. The Kier molecular flexibility index (Phi) is 1.11. The van der Waals surface area contributed by atoms with Crippen molar-refractivity contribution in [3.63, 3.8) is 0 Å². The van der Waals surface area contributed by atoms with Gasteiger partial charge in [-0.1, -0.05) is 17.8 Å². The molecule has 0 unspecified atom stereocenters. The lowest BCUT2D eigenvalue weighted by Crippen LogP contribution is -2.05. The molecule has 0 atom stereocenters. The van der Waals surface area contributed by atoms with Crippen LogP contribution in [0.2, 0.25) is 0 Å². The quantitative estimate of drug-likeness (QED) is 0.474. The summed E-state index contributed by atoms with van der Waals surface area (Å²) in [6.45, 7) is 2.06. The number of hydrogen-bond donors (Lipinski definition) is 1. The highest BCUT2D eigenvalue weighted by molar-refractivity contribution is 7.80. The van der Waals surface area contributed by atoms with E-state index in [1.54, 1.807) is 0 Å². The van der Waals surface area contributed by atoms with E-state index in [0.29, 0.717) is 0 Å². The maximum Gasteiger partial charge on any atom is 0.0834 e. The summed E-state index contributed by atoms with van der Waals surface area (Å²) in [7, 11) is 0. The van der Waals surface area contributed by atoms with Gasteiger partial charge in [-0.15, -0.1) is 0 Å². The highest BCUT2D eigenvalue weighted by atomic mass is 32.1. The summed E-state index contributed by atoms with van der Waals surface area (Å²) in [5.74, 6) is 0. The molecular formula is C5H7NS. The zero-order chi connectivity index (χ0) is 5.28. The molecule has 0 fully saturated rings. The fourth-order valence-electron chi connectivity index (χ4n) is 0.559. The van der Waals surface area contributed by atoms with Gasteiger partial charge in [-0.3, -0.25) is 0 Å². The molecule has 0 aliphatic carbocycles. The van der Waals surface area contributed by atoms with Crippen molar-refractivity contribution in [2.24, 2.45) is 0 Å². The minimum atomic E-state index is 0.942. The fraction of sp³-hybridized carbons (Fsp3) is 0.400. The van der Waals surface area contributed by atoms with Gasteiger partial charge < -0.3 is 5.32 Å². The Balaban J connectivity index is 2.58. The van der Waals surface area contributed by atoms with Crippen LogP contribution in [0, 0.1) is 0 Å². The lowest BCUT2D eigenvalue weighted by Gasteiger charge is -1.85. The second-order valence-corrected chi connectivity index (χ2v) is 2.23. The van der Waals surface area contributed by atoms with Crippen LogP contribution in [0.3, 0.4) is 0 Å². The van der Waals surface area contributed by atoms with Crippen LogP contribution in [0.4, 0.5) is 0 Å². The summed E-state index contributed by atoms with van der Waals surface area (Å²) >= 11 is 4.83. The second-order valence-electron chi connectivity index (χ2n) is 1.73. The van der Waals surface area contributed by atoms with Crippen LogP contribution in [0.25, 0.3) is 0 Å². The van der Waals surface area contributed by atoms with E-state index in [1.807, 2.05) is 6.20 Å². The molecule has 0 aromatic rings. The SMILES string of the molecule is CC1=CNC(=S)C1. The summed E-state index contributed by atoms with van der Waals surface area (Å²) in [5.41, 5.74) is 1.32. The second kappa shape index (κ2) is 1.62. The van der Waals surface area contributed by atoms with Gasteiger partial charge in [0.05, 0.1) is 4.99 Å². The molecule has 0 radical (unpaired) electrons. The van der Waals surface area contributed by atoms with Gasteiger partial charge in [-0.25, -0.2) is 0 Å². The Morgan fingerprint density at radius 2 is 2.57 bits per heavy atom. The van der Waals surface area contributed by atoms with Crippen molar-refractivity contribution in [3.05, 3.63) is 11.8 Å². The predicted molar refractivity (Wildman–Crippen MR) is 34.1 cm³/mol. The van der Waals surface area contributed by atoms with E-state index in [-0.39, 0.29) is 0 Å². The zero-order valence-corrected chi connectivity index (χ0v) is 5.01. The average molecular weight is 113 g/mol. The van der Waals surface area contributed by atoms with Crippen LogP contribution >= 0.6 is 12.2 Å². The first-order chi connectivity index (χ1) is 3.29. The van der Waals surface area contributed by atoms with Crippen molar-refractivity contribution in [1.29, 1.82) is 0 Å². The summed E-state index contributed by atoms with van der Waals surface area (Å²) in [6.07, 6.45) is 2.90. The van der Waals surface area contributed by atoms with Crippen LogP contribution in [-0.2, 0) is 0 Å². The first-order valence-electron chi connectivity index (χ1n) is 2.24. The van der Waals surface area contributed by atoms with Crippen LogP contribution in [-0.4, -0.2) is 4.99 Å². The van der Waals surface area contributed by atoms with Crippen molar-refractivity contribution < 1.29 is 0 Å². The molecular weight excluding hydrogens is 106 g/mol. The summed E-state index contributed by atoms with van der Waals surface area (Å²) in [5, 5.41) is 2.94. The summed E-state index contributed by atoms with van der Waals surface area (Å²) in [4.78, 5) is 0.942.